The summed E-state index contributed by atoms with van der Waals surface area (Å²) in [5.74, 6) is 0.831. The molecule has 2 aromatic rings. The summed E-state index contributed by atoms with van der Waals surface area (Å²) in [5, 5.41) is 3.66. The van der Waals surface area contributed by atoms with E-state index in [0.717, 1.165) is 17.8 Å². The molecule has 0 saturated heterocycles. The van der Waals surface area contributed by atoms with Crippen LogP contribution in [0.2, 0.25) is 0 Å². The molecule has 0 aliphatic carbocycles. The molecule has 0 fully saturated rings. The number of nitrogens with one attached hydrogen (secondary N) is 1. The maximum Gasteiger partial charge on any atom is 0.305 e. The van der Waals surface area contributed by atoms with Crippen LogP contribution in [-0.2, 0) is 16.1 Å². The molecule has 0 unspecified atom stereocenters. The van der Waals surface area contributed by atoms with E-state index in [1.54, 1.807) is 0 Å². The Bertz CT molecular complexity index is 967. The predicted molar refractivity (Wildman–Crippen MR) is 164 cm³/mol. The van der Waals surface area contributed by atoms with Gasteiger partial charge >= 0.3 is 5.97 Å². The minimum absolute atomic E-state index is 0.0253. The van der Waals surface area contributed by atoms with Gasteiger partial charge < -0.3 is 14.6 Å². The average Bonchev–Trinajstić information content (AvgIpc) is 3.36. The Labute approximate surface area is 238 Å². The second-order valence-corrected chi connectivity index (χ2v) is 11.3. The molecule has 0 saturated carbocycles. The van der Waals surface area contributed by atoms with Crippen molar-refractivity contribution in [3.63, 3.8) is 0 Å². The number of nitrogens with zero attached hydrogens (tertiary/aromatic N) is 1. The van der Waals surface area contributed by atoms with Gasteiger partial charge in [0.1, 0.15) is 0 Å². The van der Waals surface area contributed by atoms with Crippen LogP contribution in [-0.4, -0.2) is 29.5 Å². The lowest BCUT2D eigenvalue weighted by atomic mass is 9.94. The highest BCUT2D eigenvalue weighted by Crippen LogP contribution is 2.24. The zero-order valence-electron chi connectivity index (χ0n) is 25.4. The molecule has 0 atom stereocenters. The molecule has 1 heterocycles. The van der Waals surface area contributed by atoms with Gasteiger partial charge in [0.2, 0.25) is 5.78 Å². The first kappa shape index (κ1) is 32.7. The minimum atomic E-state index is -0.186. The summed E-state index contributed by atoms with van der Waals surface area (Å²) >= 11 is 0. The maximum absolute atomic E-state index is 13.7. The molecule has 0 aliphatic heterocycles. The number of carbonyl (C=O) groups excluding carboxylic acids is 2. The molecule has 0 amide bonds. The van der Waals surface area contributed by atoms with Crippen LogP contribution in [0.4, 0.5) is 5.69 Å². The van der Waals surface area contributed by atoms with Crippen molar-refractivity contribution in [2.45, 2.75) is 124 Å². The van der Waals surface area contributed by atoms with Crippen molar-refractivity contribution in [1.82, 2.24) is 4.57 Å². The molecule has 5 heteroatoms. The molecule has 1 aromatic heterocycles. The van der Waals surface area contributed by atoms with Gasteiger partial charge in [-0.2, -0.15) is 0 Å². The summed E-state index contributed by atoms with van der Waals surface area (Å²) < 4.78 is 7.08. The first-order chi connectivity index (χ1) is 18.9. The quantitative estimate of drug-likeness (QED) is 0.0978. The third-order valence-electron chi connectivity index (χ3n) is 7.55. The minimum Gasteiger partial charge on any atom is -0.466 e. The van der Waals surface area contributed by atoms with Crippen molar-refractivity contribution in [3.05, 3.63) is 53.3 Å². The Morgan fingerprint density at radius 1 is 0.897 bits per heavy atom. The number of ketones is 1. The second-order valence-electron chi connectivity index (χ2n) is 11.3. The van der Waals surface area contributed by atoms with Gasteiger partial charge in [-0.15, -0.1) is 0 Å². The van der Waals surface area contributed by atoms with Crippen LogP contribution >= 0.6 is 0 Å². The van der Waals surface area contributed by atoms with E-state index in [1.165, 1.54) is 64.2 Å². The fraction of sp³-hybridized carbons (Fsp3) is 0.647. The van der Waals surface area contributed by atoms with E-state index in [0.29, 0.717) is 49.1 Å². The number of benzene rings is 1. The molecule has 0 spiro atoms. The normalized spacial score (nSPS) is 11.4. The number of carbonyl (C=O) groups is 2. The van der Waals surface area contributed by atoms with Crippen LogP contribution in [0.1, 0.15) is 139 Å². The van der Waals surface area contributed by atoms with Crippen molar-refractivity contribution in [1.29, 1.82) is 0 Å². The number of rotatable bonds is 21. The Morgan fingerprint density at radius 3 is 2.21 bits per heavy atom. The molecule has 1 aromatic carbocycles. The number of hydrogen-bond acceptors (Lipinski definition) is 4. The van der Waals surface area contributed by atoms with Crippen molar-refractivity contribution >= 4 is 17.4 Å². The van der Waals surface area contributed by atoms with E-state index in [-0.39, 0.29) is 11.8 Å². The lowest BCUT2D eigenvalue weighted by Crippen LogP contribution is -2.15. The predicted octanol–water partition coefficient (Wildman–Crippen LogP) is 9.15. The molecule has 0 radical (unpaired) electrons. The van der Waals surface area contributed by atoms with Crippen LogP contribution in [0.15, 0.2) is 36.5 Å². The Kier molecular flexibility index (Phi) is 15.6. The summed E-state index contributed by atoms with van der Waals surface area (Å²) in [6.45, 7) is 12.6. The highest BCUT2D eigenvalue weighted by molar-refractivity contribution is 6.08. The van der Waals surface area contributed by atoms with E-state index in [2.05, 4.69) is 45.3 Å². The fourth-order valence-corrected chi connectivity index (χ4v) is 5.10. The average molecular weight is 539 g/mol. The molecule has 1 N–H and O–H groups in total. The molecule has 218 valence electrons. The van der Waals surface area contributed by atoms with Gasteiger partial charge in [0, 0.05) is 37.0 Å². The Hall–Kier alpha value is -2.56. The topological polar surface area (TPSA) is 60.3 Å². The summed E-state index contributed by atoms with van der Waals surface area (Å²) in [6.07, 6.45) is 16.0. The van der Waals surface area contributed by atoms with E-state index in [1.807, 2.05) is 35.8 Å². The maximum atomic E-state index is 13.7. The lowest BCUT2D eigenvalue weighted by Gasteiger charge is -2.19. The molecule has 5 nitrogen and oxygen atoms in total. The largest absolute Gasteiger partial charge is 0.466 e. The number of esters is 1. The van der Waals surface area contributed by atoms with E-state index in [9.17, 15) is 9.59 Å². The molecule has 0 aliphatic rings. The second kappa shape index (κ2) is 18.7. The van der Waals surface area contributed by atoms with Gasteiger partial charge in [-0.25, -0.2) is 0 Å². The van der Waals surface area contributed by atoms with E-state index in [4.69, 9.17) is 4.74 Å². The van der Waals surface area contributed by atoms with Crippen LogP contribution in [0, 0.1) is 5.92 Å². The van der Waals surface area contributed by atoms with Gasteiger partial charge in [-0.1, -0.05) is 91.2 Å². The molecular formula is C34H54N2O3. The number of hydrogen-bond donors (Lipinski definition) is 1. The van der Waals surface area contributed by atoms with Crippen molar-refractivity contribution < 1.29 is 14.3 Å². The van der Waals surface area contributed by atoms with Gasteiger partial charge in [0.25, 0.3) is 0 Å². The van der Waals surface area contributed by atoms with Crippen LogP contribution in [0.5, 0.6) is 0 Å². The van der Waals surface area contributed by atoms with Gasteiger partial charge in [0.15, 0.2) is 0 Å². The molecule has 0 bridgehead atoms. The summed E-state index contributed by atoms with van der Waals surface area (Å²) in [6, 6.07) is 9.97. The Morgan fingerprint density at radius 2 is 1.59 bits per heavy atom. The lowest BCUT2D eigenvalue weighted by molar-refractivity contribution is -0.143. The SMILES string of the molecule is CCCCCCC(CCCCCC)CNc1cccc(C(=O)c2cc(C(C)C)cn2CCCC(=O)OCC)c1. The van der Waals surface area contributed by atoms with Crippen LogP contribution < -0.4 is 5.32 Å². The fourth-order valence-electron chi connectivity index (χ4n) is 5.10. The van der Waals surface area contributed by atoms with Crippen molar-refractivity contribution in [3.8, 4) is 0 Å². The highest BCUT2D eigenvalue weighted by atomic mass is 16.5. The van der Waals surface area contributed by atoms with Crippen LogP contribution in [0.3, 0.4) is 0 Å². The number of aryl methyl sites for hydroxylation is 1. The number of anilines is 1. The van der Waals surface area contributed by atoms with Crippen molar-refractivity contribution in [2.75, 3.05) is 18.5 Å². The first-order valence-electron chi connectivity index (χ1n) is 15.6. The van der Waals surface area contributed by atoms with Crippen molar-refractivity contribution in [2.24, 2.45) is 5.92 Å². The molecular weight excluding hydrogens is 484 g/mol. The number of aromatic nitrogens is 1. The van der Waals surface area contributed by atoms with Gasteiger partial charge in [-0.05, 0) is 61.8 Å². The number of ether oxygens (including phenoxy) is 1. The van der Waals surface area contributed by atoms with Gasteiger partial charge in [-0.3, -0.25) is 9.59 Å². The van der Waals surface area contributed by atoms with Gasteiger partial charge in [0.05, 0.1) is 12.3 Å². The number of unbranched alkanes of at least 4 members (excludes halogenated alkanes) is 6. The first-order valence-corrected chi connectivity index (χ1v) is 15.6. The molecule has 39 heavy (non-hydrogen) atoms. The smallest absolute Gasteiger partial charge is 0.305 e. The zero-order valence-corrected chi connectivity index (χ0v) is 25.4. The van der Waals surface area contributed by atoms with E-state index >= 15 is 0 Å². The monoisotopic (exact) mass is 538 g/mol. The Balaban J connectivity index is 2.08. The third kappa shape index (κ3) is 12.0. The summed E-state index contributed by atoms with van der Waals surface area (Å²) in [5.41, 5.74) is 3.53. The standard InChI is InChI=1S/C34H54N2O3/c1-6-9-11-13-17-28(18-14-12-10-7-2)25-35-31-20-15-19-29(23-31)34(38)32-24-30(27(4)5)26-36(32)22-16-21-33(37)39-8-3/h15,19-20,23-24,26-28,35H,6-14,16-18,21-22,25H2,1-5H3. The summed E-state index contributed by atoms with van der Waals surface area (Å²) in [4.78, 5) is 25.5. The highest BCUT2D eigenvalue weighted by Gasteiger charge is 2.18. The zero-order chi connectivity index (χ0) is 28.5. The summed E-state index contributed by atoms with van der Waals surface area (Å²) in [7, 11) is 0. The third-order valence-corrected chi connectivity index (χ3v) is 7.55. The van der Waals surface area contributed by atoms with Crippen LogP contribution in [0.25, 0.3) is 0 Å². The molecule has 2 rings (SSSR count). The van der Waals surface area contributed by atoms with E-state index < -0.39 is 0 Å².